The third-order valence-corrected chi connectivity index (χ3v) is 9.05. The highest BCUT2D eigenvalue weighted by molar-refractivity contribution is 6.08. The number of likely N-dealkylation sites (tertiary alicyclic amines) is 1. The quantitative estimate of drug-likeness (QED) is 0.152. The molecular formula is C41H37F3N2O3. The second-order valence-electron chi connectivity index (χ2n) is 12.2. The SMILES string of the molecule is O=C(Nc1ccc(C2CCN(C(C(=O)OCCc3ccccc3)c3ccccc3)CC2)cc1)c1ccccc1-c1ccc(C(F)(F)F)cc1. The summed E-state index contributed by atoms with van der Waals surface area (Å²) in [6.45, 7) is 1.79. The number of amides is 1. The monoisotopic (exact) mass is 662 g/mol. The first-order chi connectivity index (χ1) is 23.8. The summed E-state index contributed by atoms with van der Waals surface area (Å²) in [6.07, 6.45) is -2.03. The standard InChI is InChI=1S/C41H37F3N2O3/c42-41(43,44)34-19-15-32(16-20-34)36-13-7-8-14-37(36)39(47)45-35-21-17-30(18-22-35)31-23-26-46(27-24-31)38(33-11-5-2-6-12-33)40(48)49-28-25-29-9-3-1-4-10-29/h1-22,31,38H,23-28H2,(H,45,47). The van der Waals surface area contributed by atoms with E-state index in [0.29, 0.717) is 41.3 Å². The minimum atomic E-state index is -4.43. The highest BCUT2D eigenvalue weighted by atomic mass is 19.4. The van der Waals surface area contributed by atoms with Crippen LogP contribution in [0.25, 0.3) is 11.1 Å². The van der Waals surface area contributed by atoms with Crippen LogP contribution in [0.1, 0.15) is 57.4 Å². The van der Waals surface area contributed by atoms with Gasteiger partial charge in [0.05, 0.1) is 12.2 Å². The van der Waals surface area contributed by atoms with E-state index in [1.54, 1.807) is 24.3 Å². The lowest BCUT2D eigenvalue weighted by Crippen LogP contribution is -2.40. The summed E-state index contributed by atoms with van der Waals surface area (Å²) < 4.78 is 45.0. The molecule has 1 aliphatic rings. The Bertz CT molecular complexity index is 1840. The summed E-state index contributed by atoms with van der Waals surface area (Å²) in [5.41, 5.74) is 4.52. The van der Waals surface area contributed by atoms with Gasteiger partial charge >= 0.3 is 12.1 Å². The first-order valence-electron chi connectivity index (χ1n) is 16.4. The van der Waals surface area contributed by atoms with Crippen molar-refractivity contribution in [2.24, 2.45) is 0 Å². The predicted octanol–water partition coefficient (Wildman–Crippen LogP) is 9.33. The number of nitrogens with zero attached hydrogens (tertiary/aromatic N) is 1. The number of hydrogen-bond acceptors (Lipinski definition) is 4. The van der Waals surface area contributed by atoms with E-state index in [4.69, 9.17) is 4.74 Å². The molecule has 1 atom stereocenters. The molecule has 6 rings (SSSR count). The molecule has 0 aromatic heterocycles. The molecule has 1 saturated heterocycles. The molecule has 0 bridgehead atoms. The van der Waals surface area contributed by atoms with E-state index >= 15 is 0 Å². The van der Waals surface area contributed by atoms with E-state index in [1.807, 2.05) is 84.9 Å². The maximum Gasteiger partial charge on any atom is 0.416 e. The van der Waals surface area contributed by atoms with Gasteiger partial charge in [0.15, 0.2) is 0 Å². The van der Waals surface area contributed by atoms with Crippen molar-refractivity contribution in [2.75, 3.05) is 25.0 Å². The number of rotatable bonds is 10. The highest BCUT2D eigenvalue weighted by Gasteiger charge is 2.33. The fourth-order valence-corrected chi connectivity index (χ4v) is 6.42. The zero-order valence-corrected chi connectivity index (χ0v) is 26.9. The Morgan fingerprint density at radius 2 is 1.37 bits per heavy atom. The minimum absolute atomic E-state index is 0.236. The zero-order valence-electron chi connectivity index (χ0n) is 26.9. The largest absolute Gasteiger partial charge is 0.464 e. The summed E-state index contributed by atoms with van der Waals surface area (Å²) in [5, 5.41) is 2.94. The van der Waals surface area contributed by atoms with Gasteiger partial charge in [-0.05, 0) is 90.0 Å². The minimum Gasteiger partial charge on any atom is -0.464 e. The number of hydrogen-bond donors (Lipinski definition) is 1. The Labute approximate surface area is 284 Å². The molecular weight excluding hydrogens is 625 g/mol. The molecule has 1 fully saturated rings. The van der Waals surface area contributed by atoms with E-state index in [-0.39, 0.29) is 11.9 Å². The van der Waals surface area contributed by atoms with Crippen LogP contribution in [0.15, 0.2) is 133 Å². The van der Waals surface area contributed by atoms with Gasteiger partial charge in [-0.15, -0.1) is 0 Å². The summed E-state index contributed by atoms with van der Waals surface area (Å²) in [6, 6.07) is 38.7. The molecule has 1 amide bonds. The van der Waals surface area contributed by atoms with Crippen LogP contribution in [0.4, 0.5) is 18.9 Å². The van der Waals surface area contributed by atoms with Crippen LogP contribution >= 0.6 is 0 Å². The Morgan fingerprint density at radius 1 is 0.755 bits per heavy atom. The lowest BCUT2D eigenvalue weighted by Gasteiger charge is -2.36. The molecule has 0 saturated carbocycles. The third kappa shape index (κ3) is 8.45. The molecule has 8 heteroatoms. The predicted molar refractivity (Wildman–Crippen MR) is 185 cm³/mol. The number of carbonyl (C=O) groups excluding carboxylic acids is 2. The number of nitrogens with one attached hydrogen (secondary N) is 1. The van der Waals surface area contributed by atoms with Crippen molar-refractivity contribution in [1.29, 1.82) is 0 Å². The molecule has 0 aliphatic carbocycles. The van der Waals surface area contributed by atoms with Crippen LogP contribution < -0.4 is 5.32 Å². The third-order valence-electron chi connectivity index (χ3n) is 9.05. The molecule has 1 heterocycles. The molecule has 0 radical (unpaired) electrons. The van der Waals surface area contributed by atoms with E-state index in [2.05, 4.69) is 10.2 Å². The topological polar surface area (TPSA) is 58.6 Å². The average Bonchev–Trinajstić information content (AvgIpc) is 3.13. The van der Waals surface area contributed by atoms with Crippen molar-refractivity contribution >= 4 is 17.6 Å². The number of esters is 1. The van der Waals surface area contributed by atoms with Crippen molar-refractivity contribution in [1.82, 2.24) is 4.90 Å². The number of halogens is 3. The molecule has 5 aromatic carbocycles. The van der Waals surface area contributed by atoms with Gasteiger partial charge in [0.2, 0.25) is 0 Å². The molecule has 1 aliphatic heterocycles. The van der Waals surface area contributed by atoms with Crippen molar-refractivity contribution in [3.63, 3.8) is 0 Å². The van der Waals surface area contributed by atoms with E-state index in [9.17, 15) is 22.8 Å². The number of benzene rings is 5. The van der Waals surface area contributed by atoms with Crippen LogP contribution in [-0.4, -0.2) is 36.5 Å². The van der Waals surface area contributed by atoms with Crippen LogP contribution in [0.3, 0.4) is 0 Å². The van der Waals surface area contributed by atoms with Gasteiger partial charge in [-0.1, -0.05) is 103 Å². The molecule has 49 heavy (non-hydrogen) atoms. The summed E-state index contributed by atoms with van der Waals surface area (Å²) in [4.78, 5) is 28.9. The molecule has 250 valence electrons. The van der Waals surface area contributed by atoms with Gasteiger partial charge in [0, 0.05) is 17.7 Å². The molecule has 0 spiro atoms. The van der Waals surface area contributed by atoms with Crippen LogP contribution in [0, 0.1) is 0 Å². The van der Waals surface area contributed by atoms with Gasteiger partial charge in [0.25, 0.3) is 5.91 Å². The molecule has 1 N–H and O–H groups in total. The fraction of sp³-hybridized carbons (Fsp3) is 0.220. The van der Waals surface area contributed by atoms with E-state index < -0.39 is 17.8 Å². The Kier molecular flexibility index (Phi) is 10.5. The first kappa shape index (κ1) is 33.7. The second kappa shape index (κ2) is 15.3. The Morgan fingerprint density at radius 3 is 2.02 bits per heavy atom. The van der Waals surface area contributed by atoms with Gasteiger partial charge in [-0.3, -0.25) is 9.69 Å². The lowest BCUT2D eigenvalue weighted by molar-refractivity contribution is -0.151. The number of piperidine rings is 1. The summed E-state index contributed by atoms with van der Waals surface area (Å²) in [7, 11) is 0. The van der Waals surface area contributed by atoms with Crippen LogP contribution in [0.2, 0.25) is 0 Å². The Balaban J connectivity index is 1.07. The molecule has 5 nitrogen and oxygen atoms in total. The van der Waals surface area contributed by atoms with Gasteiger partial charge in [0.1, 0.15) is 6.04 Å². The normalized spacial score (nSPS) is 14.6. The lowest BCUT2D eigenvalue weighted by atomic mass is 9.88. The van der Waals surface area contributed by atoms with Crippen molar-refractivity contribution < 1.29 is 27.5 Å². The number of anilines is 1. The average molecular weight is 663 g/mol. The highest BCUT2D eigenvalue weighted by Crippen LogP contribution is 2.35. The van der Waals surface area contributed by atoms with E-state index in [1.165, 1.54) is 12.1 Å². The number of alkyl halides is 3. The number of carbonyl (C=O) groups is 2. The Hall–Kier alpha value is -5.21. The first-order valence-corrected chi connectivity index (χ1v) is 16.4. The van der Waals surface area contributed by atoms with Gasteiger partial charge in [-0.2, -0.15) is 13.2 Å². The van der Waals surface area contributed by atoms with Crippen molar-refractivity contribution in [2.45, 2.75) is 37.4 Å². The molecule has 1 unspecified atom stereocenters. The van der Waals surface area contributed by atoms with Gasteiger partial charge in [-0.25, -0.2) is 4.79 Å². The second-order valence-corrected chi connectivity index (χ2v) is 12.2. The van der Waals surface area contributed by atoms with Crippen LogP contribution in [0.5, 0.6) is 0 Å². The zero-order chi connectivity index (χ0) is 34.2. The van der Waals surface area contributed by atoms with Crippen molar-refractivity contribution in [3.05, 3.63) is 161 Å². The summed E-state index contributed by atoms with van der Waals surface area (Å²) in [5.74, 6) is -0.286. The van der Waals surface area contributed by atoms with Crippen molar-refractivity contribution in [3.8, 4) is 11.1 Å². The summed E-state index contributed by atoms with van der Waals surface area (Å²) >= 11 is 0. The van der Waals surface area contributed by atoms with Gasteiger partial charge < -0.3 is 10.1 Å². The maximum atomic E-state index is 13.4. The smallest absolute Gasteiger partial charge is 0.416 e. The van der Waals surface area contributed by atoms with E-state index in [0.717, 1.165) is 54.8 Å². The van der Waals surface area contributed by atoms with Crippen LogP contribution in [-0.2, 0) is 22.1 Å². The molecule has 5 aromatic rings. The number of ether oxygens (including phenoxy) is 1. The maximum absolute atomic E-state index is 13.4. The fourth-order valence-electron chi connectivity index (χ4n) is 6.42.